The Morgan fingerprint density at radius 2 is 1.86 bits per heavy atom. The van der Waals surface area contributed by atoms with E-state index in [1.54, 1.807) is 36.4 Å². The molecule has 3 nitrogen and oxygen atoms in total. The number of carbonyl (C=O) groups is 2. The fourth-order valence-electron chi connectivity index (χ4n) is 2.04. The lowest BCUT2D eigenvalue weighted by Gasteiger charge is -2.12. The smallest absolute Gasteiger partial charge is 0.268 e. The van der Waals surface area contributed by atoms with Crippen molar-refractivity contribution >= 4 is 46.3 Å². The maximum Gasteiger partial charge on any atom is 0.298 e. The van der Waals surface area contributed by atoms with Crippen LogP contribution in [0, 0.1) is 5.82 Å². The van der Waals surface area contributed by atoms with Crippen LogP contribution in [0.3, 0.4) is 0 Å². The van der Waals surface area contributed by atoms with Gasteiger partial charge >= 0.3 is 0 Å². The van der Waals surface area contributed by atoms with Crippen molar-refractivity contribution in [3.63, 3.8) is 0 Å². The van der Waals surface area contributed by atoms with Crippen LogP contribution in [-0.4, -0.2) is 11.1 Å². The van der Waals surface area contributed by atoms with Gasteiger partial charge in [0.2, 0.25) is 0 Å². The summed E-state index contributed by atoms with van der Waals surface area (Å²) >= 11 is 6.66. The number of hydrogen-bond acceptors (Lipinski definition) is 3. The number of imide groups is 1. The quantitative estimate of drug-likeness (QED) is 0.746. The highest BCUT2D eigenvalue weighted by atomic mass is 35.5. The summed E-state index contributed by atoms with van der Waals surface area (Å²) in [5.74, 6) is -0.933. The average Bonchev–Trinajstić information content (AvgIpc) is 2.76. The van der Waals surface area contributed by atoms with Gasteiger partial charge in [-0.25, -0.2) is 9.29 Å². The van der Waals surface area contributed by atoms with Crippen LogP contribution in [0.1, 0.15) is 5.56 Å². The molecule has 0 aromatic heterocycles. The Labute approximate surface area is 135 Å². The fourth-order valence-corrected chi connectivity index (χ4v) is 3.06. The van der Waals surface area contributed by atoms with Crippen molar-refractivity contribution in [3.8, 4) is 0 Å². The number of nitrogens with zero attached hydrogens (tertiary/aromatic N) is 1. The highest BCUT2D eigenvalue weighted by Crippen LogP contribution is 2.36. The van der Waals surface area contributed by atoms with Crippen LogP contribution in [0.4, 0.5) is 14.9 Å². The van der Waals surface area contributed by atoms with E-state index in [9.17, 15) is 14.0 Å². The van der Waals surface area contributed by atoms with E-state index in [0.717, 1.165) is 16.7 Å². The van der Waals surface area contributed by atoms with Gasteiger partial charge in [0.25, 0.3) is 11.1 Å². The molecule has 1 aliphatic heterocycles. The normalized spacial score (nSPS) is 16.6. The molecule has 2 aromatic carbocycles. The van der Waals surface area contributed by atoms with Crippen molar-refractivity contribution in [1.82, 2.24) is 0 Å². The predicted octanol–water partition coefficient (Wildman–Crippen LogP) is 4.72. The molecule has 0 atom stereocenters. The van der Waals surface area contributed by atoms with E-state index >= 15 is 0 Å². The van der Waals surface area contributed by atoms with Gasteiger partial charge in [-0.05, 0) is 42.1 Å². The molecule has 0 radical (unpaired) electrons. The Morgan fingerprint density at radius 3 is 2.59 bits per heavy atom. The molecule has 2 amide bonds. The van der Waals surface area contributed by atoms with Crippen molar-refractivity contribution in [2.75, 3.05) is 4.90 Å². The molecule has 2 aromatic rings. The Morgan fingerprint density at radius 1 is 1.09 bits per heavy atom. The number of hydrogen-bond donors (Lipinski definition) is 0. The summed E-state index contributed by atoms with van der Waals surface area (Å²) in [4.78, 5) is 25.7. The van der Waals surface area contributed by atoms with Gasteiger partial charge in [0.05, 0.1) is 10.6 Å². The van der Waals surface area contributed by atoms with E-state index in [1.165, 1.54) is 18.2 Å². The van der Waals surface area contributed by atoms with Crippen LogP contribution in [0.25, 0.3) is 6.08 Å². The Hall–Kier alpha value is -2.11. The standard InChI is InChI=1S/C16H9ClFNO2S/c17-11-5-3-6-12(9-11)19-15(20)14(22-16(19)21)8-10-4-1-2-7-13(10)18/h1-9H/b14-8-. The van der Waals surface area contributed by atoms with Gasteiger partial charge in [-0.15, -0.1) is 0 Å². The summed E-state index contributed by atoms with van der Waals surface area (Å²) in [6.45, 7) is 0. The first-order valence-electron chi connectivity index (χ1n) is 6.34. The third kappa shape index (κ3) is 2.77. The largest absolute Gasteiger partial charge is 0.298 e. The molecule has 1 fully saturated rings. The lowest BCUT2D eigenvalue weighted by molar-refractivity contribution is -0.113. The Balaban J connectivity index is 1.97. The first kappa shape index (κ1) is 14.8. The van der Waals surface area contributed by atoms with E-state index in [4.69, 9.17) is 11.6 Å². The second-order valence-corrected chi connectivity index (χ2v) is 5.95. The van der Waals surface area contributed by atoms with Crippen molar-refractivity contribution in [3.05, 3.63) is 69.8 Å². The van der Waals surface area contributed by atoms with Gasteiger partial charge in [-0.1, -0.05) is 35.9 Å². The van der Waals surface area contributed by atoms with Gasteiger partial charge in [0, 0.05) is 10.6 Å². The minimum Gasteiger partial charge on any atom is -0.268 e. The summed E-state index contributed by atoms with van der Waals surface area (Å²) in [7, 11) is 0. The average molecular weight is 334 g/mol. The zero-order valence-corrected chi connectivity index (χ0v) is 12.7. The number of carbonyl (C=O) groups excluding carboxylic acids is 2. The molecule has 0 spiro atoms. The molecule has 22 heavy (non-hydrogen) atoms. The van der Waals surface area contributed by atoms with Crippen LogP contribution in [-0.2, 0) is 4.79 Å². The van der Waals surface area contributed by atoms with Crippen molar-refractivity contribution < 1.29 is 14.0 Å². The third-order valence-corrected chi connectivity index (χ3v) is 4.16. The van der Waals surface area contributed by atoms with E-state index in [0.29, 0.717) is 10.7 Å². The highest BCUT2D eigenvalue weighted by Gasteiger charge is 2.36. The zero-order valence-electron chi connectivity index (χ0n) is 11.1. The van der Waals surface area contributed by atoms with Gasteiger partial charge in [0.1, 0.15) is 5.82 Å². The van der Waals surface area contributed by atoms with E-state index in [1.807, 2.05) is 0 Å². The molecule has 0 unspecified atom stereocenters. The van der Waals surface area contributed by atoms with Crippen LogP contribution in [0.2, 0.25) is 5.02 Å². The van der Waals surface area contributed by atoms with E-state index in [-0.39, 0.29) is 10.5 Å². The Kier molecular flexibility index (Phi) is 4.00. The summed E-state index contributed by atoms with van der Waals surface area (Å²) in [6.07, 6.45) is 1.38. The van der Waals surface area contributed by atoms with Crippen LogP contribution >= 0.6 is 23.4 Å². The van der Waals surface area contributed by atoms with Crippen LogP contribution in [0.5, 0.6) is 0 Å². The van der Waals surface area contributed by atoms with Crippen molar-refractivity contribution in [1.29, 1.82) is 0 Å². The van der Waals surface area contributed by atoms with Gasteiger partial charge in [-0.3, -0.25) is 9.59 Å². The topological polar surface area (TPSA) is 37.4 Å². The maximum atomic E-state index is 13.7. The molecule has 1 saturated heterocycles. The van der Waals surface area contributed by atoms with E-state index in [2.05, 4.69) is 0 Å². The second kappa shape index (κ2) is 5.94. The first-order chi connectivity index (χ1) is 10.6. The number of amides is 2. The summed E-state index contributed by atoms with van der Waals surface area (Å²) in [6, 6.07) is 12.5. The molecule has 0 aliphatic carbocycles. The molecule has 110 valence electrons. The van der Waals surface area contributed by atoms with E-state index < -0.39 is 17.0 Å². The molecule has 0 N–H and O–H groups in total. The molecule has 0 bridgehead atoms. The first-order valence-corrected chi connectivity index (χ1v) is 7.54. The molecule has 6 heteroatoms. The summed E-state index contributed by atoms with van der Waals surface area (Å²) < 4.78 is 13.7. The minimum atomic E-state index is -0.486. The third-order valence-electron chi connectivity index (χ3n) is 3.05. The molecule has 3 rings (SSSR count). The van der Waals surface area contributed by atoms with Gasteiger partial charge in [0.15, 0.2) is 0 Å². The monoisotopic (exact) mass is 333 g/mol. The summed E-state index contributed by atoms with van der Waals surface area (Å²) in [5.41, 5.74) is 0.658. The lowest BCUT2D eigenvalue weighted by Crippen LogP contribution is -2.27. The molecular formula is C16H9ClFNO2S. The zero-order chi connectivity index (χ0) is 15.7. The minimum absolute atomic E-state index is 0.176. The number of anilines is 1. The lowest BCUT2D eigenvalue weighted by atomic mass is 10.2. The van der Waals surface area contributed by atoms with Gasteiger partial charge in [-0.2, -0.15) is 0 Å². The Bertz CT molecular complexity index is 806. The van der Waals surface area contributed by atoms with Crippen LogP contribution < -0.4 is 4.90 Å². The van der Waals surface area contributed by atoms with Crippen LogP contribution in [0.15, 0.2) is 53.4 Å². The SMILES string of the molecule is O=C1S/C(=C\c2ccccc2F)C(=O)N1c1cccc(Cl)c1. The number of rotatable bonds is 2. The second-order valence-electron chi connectivity index (χ2n) is 4.52. The van der Waals surface area contributed by atoms with Crippen molar-refractivity contribution in [2.45, 2.75) is 0 Å². The maximum absolute atomic E-state index is 13.7. The fraction of sp³-hybridized carbons (Fsp3) is 0. The number of halogens is 2. The molecule has 1 heterocycles. The van der Waals surface area contributed by atoms with Crippen molar-refractivity contribution in [2.24, 2.45) is 0 Å². The predicted molar refractivity (Wildman–Crippen MR) is 86.3 cm³/mol. The van der Waals surface area contributed by atoms with Gasteiger partial charge < -0.3 is 0 Å². The molecule has 0 saturated carbocycles. The highest BCUT2D eigenvalue weighted by molar-refractivity contribution is 8.19. The number of benzene rings is 2. The number of thioether (sulfide) groups is 1. The summed E-state index contributed by atoms with van der Waals surface area (Å²) in [5, 5.41) is -0.00973. The molecular weight excluding hydrogens is 325 g/mol. The molecule has 1 aliphatic rings.